The number of alkyl halides is 3. The molecule has 0 unspecified atom stereocenters. The molecule has 5 nitrogen and oxygen atoms in total. The third-order valence-corrected chi connectivity index (χ3v) is 3.13. The number of nitrogens with zero attached hydrogens (tertiary/aromatic N) is 4. The van der Waals surface area contributed by atoms with Crippen LogP contribution >= 0.6 is 0 Å². The summed E-state index contributed by atoms with van der Waals surface area (Å²) < 4.78 is 39.4. The van der Waals surface area contributed by atoms with E-state index in [1.54, 1.807) is 13.8 Å². The summed E-state index contributed by atoms with van der Waals surface area (Å²) >= 11 is 0. The monoisotopic (exact) mass is 299 g/mol. The van der Waals surface area contributed by atoms with Gasteiger partial charge < -0.3 is 5.32 Å². The summed E-state index contributed by atoms with van der Waals surface area (Å²) in [5.41, 5.74) is 2.60. The second-order valence-electron chi connectivity index (χ2n) is 5.02. The van der Waals surface area contributed by atoms with Crippen LogP contribution in [-0.2, 0) is 6.18 Å². The zero-order chi connectivity index (χ0) is 15.8. The molecule has 0 bridgehead atoms. The molecule has 0 aliphatic rings. The van der Waals surface area contributed by atoms with Crippen LogP contribution in [0.1, 0.15) is 30.8 Å². The van der Waals surface area contributed by atoms with Crippen molar-refractivity contribution in [3.63, 3.8) is 0 Å². The Morgan fingerprint density at radius 1 is 1.19 bits per heavy atom. The molecule has 0 aliphatic carbocycles. The highest BCUT2D eigenvalue weighted by molar-refractivity contribution is 5.58. The highest BCUT2D eigenvalue weighted by Gasteiger charge is 2.38. The number of hydrogen-bond donors (Lipinski definition) is 1. The van der Waals surface area contributed by atoms with Gasteiger partial charge in [0, 0.05) is 12.1 Å². The molecule has 0 atom stereocenters. The predicted octanol–water partition coefficient (Wildman–Crippen LogP) is 3.14. The van der Waals surface area contributed by atoms with Gasteiger partial charge >= 0.3 is 6.18 Å². The maximum atomic E-state index is 12.9. The van der Waals surface area contributed by atoms with E-state index >= 15 is 0 Å². The van der Waals surface area contributed by atoms with Crippen molar-refractivity contribution in [2.45, 2.75) is 33.9 Å². The number of aromatic nitrogens is 4. The highest BCUT2D eigenvalue weighted by atomic mass is 19.4. The zero-order valence-corrected chi connectivity index (χ0v) is 12.2. The van der Waals surface area contributed by atoms with E-state index < -0.39 is 12.0 Å². The molecule has 1 N–H and O–H groups in total. The van der Waals surface area contributed by atoms with Crippen LogP contribution in [0.2, 0.25) is 0 Å². The standard InChI is InChI=1S/C13H16F3N5/c1-7(2)5-6-17-10-8(3)9(4)11-18-19-12(13(14,15)16)21(11)20-10/h5H,6H2,1-4H3,(H,17,20). The van der Waals surface area contributed by atoms with Gasteiger partial charge in [0.15, 0.2) is 11.5 Å². The van der Waals surface area contributed by atoms with Gasteiger partial charge in [0.05, 0.1) is 0 Å². The third-order valence-electron chi connectivity index (χ3n) is 3.13. The van der Waals surface area contributed by atoms with Gasteiger partial charge in [-0.05, 0) is 33.3 Å². The van der Waals surface area contributed by atoms with E-state index in [4.69, 9.17) is 0 Å². The van der Waals surface area contributed by atoms with Gasteiger partial charge in [-0.3, -0.25) is 0 Å². The van der Waals surface area contributed by atoms with Crippen molar-refractivity contribution < 1.29 is 13.2 Å². The maximum absolute atomic E-state index is 12.9. The molecule has 2 aromatic heterocycles. The predicted molar refractivity (Wildman–Crippen MR) is 73.2 cm³/mol. The molecule has 0 fully saturated rings. The van der Waals surface area contributed by atoms with E-state index in [0.717, 1.165) is 15.7 Å². The highest BCUT2D eigenvalue weighted by Crippen LogP contribution is 2.29. The van der Waals surface area contributed by atoms with Crippen molar-refractivity contribution in [1.82, 2.24) is 19.8 Å². The molecule has 0 saturated carbocycles. The van der Waals surface area contributed by atoms with Crippen molar-refractivity contribution in [3.05, 3.63) is 28.6 Å². The van der Waals surface area contributed by atoms with Gasteiger partial charge in [0.1, 0.15) is 0 Å². The van der Waals surface area contributed by atoms with Crippen LogP contribution in [0.15, 0.2) is 11.6 Å². The van der Waals surface area contributed by atoms with E-state index in [-0.39, 0.29) is 5.65 Å². The van der Waals surface area contributed by atoms with Crippen molar-refractivity contribution in [3.8, 4) is 0 Å². The number of aryl methyl sites for hydroxylation is 1. The first kappa shape index (κ1) is 15.3. The van der Waals surface area contributed by atoms with E-state index in [0.29, 0.717) is 17.9 Å². The fraction of sp³-hybridized carbons (Fsp3) is 0.462. The number of fused-ring (bicyclic) bond motifs is 1. The molecule has 21 heavy (non-hydrogen) atoms. The average molecular weight is 299 g/mol. The molecular weight excluding hydrogens is 283 g/mol. The van der Waals surface area contributed by atoms with Crippen LogP contribution in [0.25, 0.3) is 5.65 Å². The van der Waals surface area contributed by atoms with Crippen LogP contribution in [0, 0.1) is 13.8 Å². The maximum Gasteiger partial charge on any atom is 0.453 e. The topological polar surface area (TPSA) is 55.1 Å². The van der Waals surface area contributed by atoms with E-state index in [9.17, 15) is 13.2 Å². The van der Waals surface area contributed by atoms with Crippen molar-refractivity contribution >= 4 is 11.5 Å². The first-order chi connectivity index (χ1) is 9.71. The molecule has 0 spiro atoms. The van der Waals surface area contributed by atoms with E-state index in [1.165, 1.54) is 0 Å². The number of allylic oxidation sites excluding steroid dienone is 1. The molecule has 114 valence electrons. The molecule has 0 amide bonds. The average Bonchev–Trinajstić information content (AvgIpc) is 2.78. The summed E-state index contributed by atoms with van der Waals surface area (Å²) in [6, 6.07) is 0. The fourth-order valence-corrected chi connectivity index (χ4v) is 1.83. The third kappa shape index (κ3) is 2.98. The van der Waals surface area contributed by atoms with Crippen LogP contribution in [0.4, 0.5) is 19.0 Å². The largest absolute Gasteiger partial charge is 0.453 e. The zero-order valence-electron chi connectivity index (χ0n) is 12.2. The van der Waals surface area contributed by atoms with Crippen LogP contribution in [0.5, 0.6) is 0 Å². The number of nitrogens with one attached hydrogen (secondary N) is 1. The van der Waals surface area contributed by atoms with Crippen molar-refractivity contribution in [1.29, 1.82) is 0 Å². The molecule has 2 heterocycles. The van der Waals surface area contributed by atoms with Gasteiger partial charge in [-0.25, -0.2) is 0 Å². The summed E-state index contributed by atoms with van der Waals surface area (Å²) in [5.74, 6) is -0.728. The summed E-state index contributed by atoms with van der Waals surface area (Å²) in [7, 11) is 0. The van der Waals surface area contributed by atoms with Crippen LogP contribution < -0.4 is 5.32 Å². The minimum absolute atomic E-state index is 0.118. The Labute approximate surface area is 119 Å². The summed E-state index contributed by atoms with van der Waals surface area (Å²) in [6.45, 7) is 7.86. The number of rotatable bonds is 3. The Hall–Kier alpha value is -2.12. The smallest absolute Gasteiger partial charge is 0.365 e. The van der Waals surface area contributed by atoms with Gasteiger partial charge in [0.25, 0.3) is 5.82 Å². The molecule has 2 rings (SSSR count). The Morgan fingerprint density at radius 2 is 1.86 bits per heavy atom. The minimum Gasteiger partial charge on any atom is -0.365 e. The number of anilines is 1. The summed E-state index contributed by atoms with van der Waals surface area (Å²) in [4.78, 5) is 0. The lowest BCUT2D eigenvalue weighted by molar-refractivity contribution is -0.146. The van der Waals surface area contributed by atoms with Gasteiger partial charge in [-0.1, -0.05) is 11.6 Å². The fourth-order valence-electron chi connectivity index (χ4n) is 1.83. The lowest BCUT2D eigenvalue weighted by Crippen LogP contribution is -2.15. The van der Waals surface area contributed by atoms with E-state index in [1.807, 2.05) is 19.9 Å². The number of hydrogen-bond acceptors (Lipinski definition) is 4. The Morgan fingerprint density at radius 3 is 2.43 bits per heavy atom. The first-order valence-corrected chi connectivity index (χ1v) is 6.39. The van der Waals surface area contributed by atoms with Crippen molar-refractivity contribution in [2.24, 2.45) is 0 Å². The molecule has 0 aromatic carbocycles. The van der Waals surface area contributed by atoms with Gasteiger partial charge in [-0.2, -0.15) is 17.7 Å². The second kappa shape index (κ2) is 5.34. The van der Waals surface area contributed by atoms with Gasteiger partial charge in [0.2, 0.25) is 0 Å². The lowest BCUT2D eigenvalue weighted by Gasteiger charge is -2.11. The molecular formula is C13H16F3N5. The molecule has 2 aromatic rings. The number of halogens is 3. The summed E-state index contributed by atoms with van der Waals surface area (Å²) in [6.07, 6.45) is -2.66. The van der Waals surface area contributed by atoms with Gasteiger partial charge in [-0.15, -0.1) is 15.3 Å². The Bertz CT molecular complexity index is 696. The lowest BCUT2D eigenvalue weighted by atomic mass is 10.2. The normalized spacial score (nSPS) is 11.8. The summed E-state index contributed by atoms with van der Waals surface area (Å²) in [5, 5.41) is 13.8. The molecule has 0 saturated heterocycles. The first-order valence-electron chi connectivity index (χ1n) is 6.39. The van der Waals surface area contributed by atoms with Crippen LogP contribution in [-0.4, -0.2) is 26.4 Å². The van der Waals surface area contributed by atoms with E-state index in [2.05, 4.69) is 20.6 Å². The Kier molecular flexibility index (Phi) is 3.89. The van der Waals surface area contributed by atoms with Crippen LogP contribution in [0.3, 0.4) is 0 Å². The molecule has 0 aliphatic heterocycles. The quantitative estimate of drug-likeness (QED) is 0.885. The molecule has 0 radical (unpaired) electrons. The Balaban J connectivity index is 2.52. The SMILES string of the molecule is CC(C)=CCNc1nn2c(C(F)(F)F)nnc2c(C)c1C. The minimum atomic E-state index is -4.59. The second-order valence-corrected chi connectivity index (χ2v) is 5.02. The van der Waals surface area contributed by atoms with Crippen molar-refractivity contribution in [2.75, 3.05) is 11.9 Å². The molecule has 8 heteroatoms.